The Balaban J connectivity index is 1.82. The van der Waals surface area contributed by atoms with Crippen molar-refractivity contribution in [3.8, 4) is 17.2 Å². The summed E-state index contributed by atoms with van der Waals surface area (Å²) in [6.07, 6.45) is -0.726. The molecule has 3 unspecified atom stereocenters. The van der Waals surface area contributed by atoms with Gasteiger partial charge in [-0.3, -0.25) is 0 Å². The predicted molar refractivity (Wildman–Crippen MR) is 120 cm³/mol. The second-order valence-electron chi connectivity index (χ2n) is 8.03. The van der Waals surface area contributed by atoms with E-state index in [4.69, 9.17) is 14.2 Å². The topological polar surface area (TPSA) is 68.2 Å². The molecule has 2 N–H and O–H groups in total. The molecule has 31 heavy (non-hydrogen) atoms. The maximum atomic E-state index is 12.3. The zero-order valence-electron chi connectivity index (χ0n) is 17.2. The van der Waals surface area contributed by atoms with Crippen LogP contribution in [0.4, 0.5) is 0 Å². The van der Waals surface area contributed by atoms with Gasteiger partial charge in [0.15, 0.2) is 11.2 Å². The zero-order chi connectivity index (χ0) is 21.8. The molecule has 3 aromatic carbocycles. The van der Waals surface area contributed by atoms with Gasteiger partial charge in [-0.1, -0.05) is 58.4 Å². The Kier molecular flexibility index (Phi) is 4.77. The van der Waals surface area contributed by atoms with Gasteiger partial charge in [-0.2, -0.15) is 0 Å². The summed E-state index contributed by atoms with van der Waals surface area (Å²) >= 11 is 3.49. The summed E-state index contributed by atoms with van der Waals surface area (Å²) in [6.45, 7) is 0. The van der Waals surface area contributed by atoms with E-state index in [1.54, 1.807) is 19.2 Å². The SMILES string of the molecule is COc1cc(OC)c2c(c1)OC1(c3ccc(Br)cc3)C(c3ccccc3)C[C@@H](O)C21O. The van der Waals surface area contributed by atoms with Gasteiger partial charge in [0.1, 0.15) is 17.2 Å². The van der Waals surface area contributed by atoms with Gasteiger partial charge in [0.2, 0.25) is 0 Å². The molecule has 1 aliphatic heterocycles. The monoisotopic (exact) mass is 482 g/mol. The van der Waals surface area contributed by atoms with E-state index in [1.165, 1.54) is 7.11 Å². The van der Waals surface area contributed by atoms with Gasteiger partial charge in [-0.15, -0.1) is 0 Å². The first-order valence-corrected chi connectivity index (χ1v) is 10.9. The fourth-order valence-electron chi connectivity index (χ4n) is 5.28. The van der Waals surface area contributed by atoms with Gasteiger partial charge in [0.05, 0.1) is 25.9 Å². The summed E-state index contributed by atoms with van der Waals surface area (Å²) in [7, 11) is 3.10. The van der Waals surface area contributed by atoms with Crippen molar-refractivity contribution in [3.05, 3.63) is 87.9 Å². The summed E-state index contributed by atoms with van der Waals surface area (Å²) < 4.78 is 18.6. The third kappa shape index (κ3) is 2.68. The van der Waals surface area contributed by atoms with Crippen LogP contribution in [0, 0.1) is 0 Å². The third-order valence-corrected chi connectivity index (χ3v) is 7.15. The van der Waals surface area contributed by atoms with Gasteiger partial charge in [-0.25, -0.2) is 0 Å². The molecule has 3 aromatic rings. The molecule has 6 heteroatoms. The molecule has 0 amide bonds. The minimum absolute atomic E-state index is 0.294. The minimum atomic E-state index is -1.71. The number of fused-ring (bicyclic) bond motifs is 3. The van der Waals surface area contributed by atoms with Gasteiger partial charge in [-0.05, 0) is 29.7 Å². The lowest BCUT2D eigenvalue weighted by atomic mass is 9.71. The van der Waals surface area contributed by atoms with Gasteiger partial charge < -0.3 is 24.4 Å². The van der Waals surface area contributed by atoms with Crippen molar-refractivity contribution in [2.45, 2.75) is 29.6 Å². The van der Waals surface area contributed by atoms with Crippen molar-refractivity contribution in [2.24, 2.45) is 0 Å². The van der Waals surface area contributed by atoms with Crippen LogP contribution < -0.4 is 14.2 Å². The maximum absolute atomic E-state index is 12.3. The fourth-order valence-corrected chi connectivity index (χ4v) is 5.55. The Morgan fingerprint density at radius 3 is 2.35 bits per heavy atom. The Morgan fingerprint density at radius 2 is 1.71 bits per heavy atom. The molecule has 0 spiro atoms. The molecule has 0 saturated heterocycles. The minimum Gasteiger partial charge on any atom is -0.496 e. The molecule has 4 atom stereocenters. The predicted octanol–water partition coefficient (Wildman–Crippen LogP) is 4.49. The van der Waals surface area contributed by atoms with E-state index in [-0.39, 0.29) is 5.92 Å². The van der Waals surface area contributed by atoms with E-state index in [0.717, 1.165) is 15.6 Å². The van der Waals surface area contributed by atoms with E-state index in [0.29, 0.717) is 29.2 Å². The summed E-state index contributed by atoms with van der Waals surface area (Å²) in [4.78, 5) is 0. The normalized spacial score (nSPS) is 28.5. The molecular formula is C25H23BrO5. The molecule has 5 nitrogen and oxygen atoms in total. The Morgan fingerprint density at radius 1 is 1.00 bits per heavy atom. The second kappa shape index (κ2) is 7.26. The first-order valence-electron chi connectivity index (χ1n) is 10.1. The number of aliphatic hydroxyl groups excluding tert-OH is 1. The molecule has 0 radical (unpaired) electrons. The van der Waals surface area contributed by atoms with E-state index in [9.17, 15) is 10.2 Å². The molecule has 0 aromatic heterocycles. The van der Waals surface area contributed by atoms with E-state index < -0.39 is 17.3 Å². The number of aliphatic hydroxyl groups is 2. The third-order valence-electron chi connectivity index (χ3n) is 6.62. The highest BCUT2D eigenvalue weighted by Gasteiger charge is 2.73. The van der Waals surface area contributed by atoms with Gasteiger partial charge in [0, 0.05) is 22.5 Å². The first-order chi connectivity index (χ1) is 15.0. The second-order valence-corrected chi connectivity index (χ2v) is 8.94. The van der Waals surface area contributed by atoms with Crippen molar-refractivity contribution in [1.82, 2.24) is 0 Å². The van der Waals surface area contributed by atoms with Crippen LogP contribution in [0.2, 0.25) is 0 Å². The molecule has 160 valence electrons. The highest BCUT2D eigenvalue weighted by molar-refractivity contribution is 9.10. The summed E-state index contributed by atoms with van der Waals surface area (Å²) in [5.41, 5.74) is -0.741. The van der Waals surface area contributed by atoms with Crippen molar-refractivity contribution in [2.75, 3.05) is 14.2 Å². The standard InChI is InChI=1S/C25H23BrO5/c1-29-18-12-20(30-2)23-21(13-18)31-25(16-8-10-17(26)11-9-16)19(14-22(27)24(23,25)28)15-6-4-3-5-7-15/h3-13,19,22,27-28H,14H2,1-2H3/t19?,22-,24?,25?/m1/s1. The summed E-state index contributed by atoms with van der Waals surface area (Å²) in [6, 6.07) is 21.0. The Bertz CT molecular complexity index is 1120. The van der Waals surface area contributed by atoms with Crippen LogP contribution in [0.3, 0.4) is 0 Å². The molecule has 1 heterocycles. The van der Waals surface area contributed by atoms with Crippen molar-refractivity contribution in [1.29, 1.82) is 0 Å². The van der Waals surface area contributed by atoms with Crippen molar-refractivity contribution < 1.29 is 24.4 Å². The number of halogens is 1. The number of rotatable bonds is 4. The van der Waals surface area contributed by atoms with Crippen LogP contribution >= 0.6 is 15.9 Å². The highest BCUT2D eigenvalue weighted by atomic mass is 79.9. The first kappa shape index (κ1) is 20.4. The lowest BCUT2D eigenvalue weighted by molar-refractivity contribution is -0.149. The van der Waals surface area contributed by atoms with E-state index in [2.05, 4.69) is 15.9 Å². The fraction of sp³-hybridized carbons (Fsp3) is 0.280. The molecular weight excluding hydrogens is 460 g/mol. The Hall–Kier alpha value is -2.54. The molecule has 2 aliphatic rings. The van der Waals surface area contributed by atoms with Crippen LogP contribution in [0.5, 0.6) is 17.2 Å². The number of ether oxygens (including phenoxy) is 3. The van der Waals surface area contributed by atoms with Crippen LogP contribution in [-0.4, -0.2) is 30.5 Å². The lowest BCUT2D eigenvalue weighted by Crippen LogP contribution is -2.52. The quantitative estimate of drug-likeness (QED) is 0.573. The van der Waals surface area contributed by atoms with Crippen LogP contribution in [0.15, 0.2) is 71.2 Å². The number of hydrogen-bond donors (Lipinski definition) is 2. The molecule has 0 bridgehead atoms. The highest BCUT2D eigenvalue weighted by Crippen LogP contribution is 2.68. The smallest absolute Gasteiger partial charge is 0.176 e. The molecule has 1 aliphatic carbocycles. The number of methoxy groups -OCH3 is 2. The van der Waals surface area contributed by atoms with Crippen LogP contribution in [0.25, 0.3) is 0 Å². The van der Waals surface area contributed by atoms with E-state index in [1.807, 2.05) is 54.6 Å². The van der Waals surface area contributed by atoms with Gasteiger partial charge in [0.25, 0.3) is 0 Å². The summed E-state index contributed by atoms with van der Waals surface area (Å²) in [5.74, 6) is 1.12. The zero-order valence-corrected chi connectivity index (χ0v) is 18.8. The molecule has 1 fully saturated rings. The number of benzene rings is 3. The van der Waals surface area contributed by atoms with Crippen LogP contribution in [0.1, 0.15) is 29.0 Å². The largest absolute Gasteiger partial charge is 0.496 e. The summed E-state index contributed by atoms with van der Waals surface area (Å²) in [5, 5.41) is 23.7. The maximum Gasteiger partial charge on any atom is 0.176 e. The average molecular weight is 483 g/mol. The number of hydrogen-bond acceptors (Lipinski definition) is 5. The van der Waals surface area contributed by atoms with Crippen molar-refractivity contribution >= 4 is 15.9 Å². The lowest BCUT2D eigenvalue weighted by Gasteiger charge is -2.40. The molecule has 1 saturated carbocycles. The van der Waals surface area contributed by atoms with Crippen LogP contribution in [-0.2, 0) is 11.2 Å². The van der Waals surface area contributed by atoms with Crippen molar-refractivity contribution in [3.63, 3.8) is 0 Å². The Labute approximate surface area is 189 Å². The average Bonchev–Trinajstić information content (AvgIpc) is 3.19. The van der Waals surface area contributed by atoms with E-state index >= 15 is 0 Å². The van der Waals surface area contributed by atoms with Gasteiger partial charge >= 0.3 is 0 Å². The molecule has 5 rings (SSSR count).